The van der Waals surface area contributed by atoms with E-state index in [0.29, 0.717) is 24.8 Å². The first kappa shape index (κ1) is 20.2. The number of H-pyrrole nitrogens is 1. The number of benzene rings is 1. The number of pyridine rings is 1. The maximum Gasteiger partial charge on any atom is 0.271 e. The van der Waals surface area contributed by atoms with Crippen LogP contribution in [0.5, 0.6) is 0 Å². The number of rotatable bonds is 8. The molecule has 0 aliphatic heterocycles. The molecule has 2 N–H and O–H groups in total. The first-order valence-corrected chi connectivity index (χ1v) is 9.40. The molecule has 0 spiro atoms. The first-order valence-electron chi connectivity index (χ1n) is 9.40. The zero-order valence-electron chi connectivity index (χ0n) is 17.0. The molecular formula is C22H32N2O2. The first-order chi connectivity index (χ1) is 12.3. The Bertz CT molecular complexity index is 788. The molecule has 1 heterocycles. The molecule has 0 aliphatic rings. The van der Waals surface area contributed by atoms with Crippen molar-refractivity contribution >= 4 is 5.69 Å². The smallest absolute Gasteiger partial charge is 0.271 e. The number of hydrogen-bond donors (Lipinski definition) is 2. The lowest BCUT2D eigenvalue weighted by Gasteiger charge is -2.19. The van der Waals surface area contributed by atoms with E-state index in [0.717, 1.165) is 24.1 Å². The molecule has 142 valence electrons. The zero-order chi connectivity index (χ0) is 19.3. The SMILES string of the molecule is CCc1c(C)[nH]c(=O)c(NCC(C)COC)c1Cc1cc(C)cc(C)c1. The van der Waals surface area contributed by atoms with Crippen molar-refractivity contribution in [2.45, 2.75) is 47.5 Å². The molecule has 4 heteroatoms. The molecule has 0 radical (unpaired) electrons. The van der Waals surface area contributed by atoms with Crippen LogP contribution >= 0.6 is 0 Å². The van der Waals surface area contributed by atoms with Gasteiger partial charge in [0, 0.05) is 25.8 Å². The maximum absolute atomic E-state index is 12.7. The standard InChI is InChI=1S/C22H32N2O2/c1-7-19-17(5)24-22(25)21(23-12-16(4)13-26-6)20(19)11-18-9-14(2)8-15(3)10-18/h8-10,16,23H,7,11-13H2,1-6H3,(H,24,25). The van der Waals surface area contributed by atoms with Gasteiger partial charge in [0.05, 0.1) is 6.61 Å². The van der Waals surface area contributed by atoms with Gasteiger partial charge in [-0.2, -0.15) is 0 Å². The van der Waals surface area contributed by atoms with Crippen LogP contribution in [0.1, 0.15) is 47.4 Å². The Kier molecular flexibility index (Phi) is 7.04. The summed E-state index contributed by atoms with van der Waals surface area (Å²) < 4.78 is 5.21. The van der Waals surface area contributed by atoms with E-state index < -0.39 is 0 Å². The molecule has 0 aliphatic carbocycles. The van der Waals surface area contributed by atoms with Crippen molar-refractivity contribution in [3.63, 3.8) is 0 Å². The molecule has 0 saturated heterocycles. The average molecular weight is 357 g/mol. The van der Waals surface area contributed by atoms with Gasteiger partial charge in [-0.3, -0.25) is 4.79 Å². The minimum absolute atomic E-state index is 0.0382. The number of nitrogens with one attached hydrogen (secondary N) is 2. The average Bonchev–Trinajstić information content (AvgIpc) is 2.53. The predicted octanol–water partition coefficient (Wildman–Crippen LogP) is 4.15. The van der Waals surface area contributed by atoms with Crippen molar-refractivity contribution in [3.8, 4) is 0 Å². The van der Waals surface area contributed by atoms with Crippen molar-refractivity contribution in [3.05, 3.63) is 62.1 Å². The van der Waals surface area contributed by atoms with Crippen molar-refractivity contribution in [1.82, 2.24) is 4.98 Å². The minimum atomic E-state index is -0.0382. The van der Waals surface area contributed by atoms with E-state index in [1.165, 1.54) is 22.3 Å². The fourth-order valence-corrected chi connectivity index (χ4v) is 3.68. The molecular weight excluding hydrogens is 324 g/mol. The second-order valence-corrected chi connectivity index (χ2v) is 7.38. The fraction of sp³-hybridized carbons (Fsp3) is 0.500. The van der Waals surface area contributed by atoms with Gasteiger partial charge in [-0.05, 0) is 49.8 Å². The summed E-state index contributed by atoms with van der Waals surface area (Å²) in [6, 6.07) is 6.60. The number of aryl methyl sites for hydroxylation is 3. The van der Waals surface area contributed by atoms with Crippen LogP contribution in [0.15, 0.2) is 23.0 Å². The second-order valence-electron chi connectivity index (χ2n) is 7.38. The van der Waals surface area contributed by atoms with Crippen LogP contribution in [0, 0.1) is 26.7 Å². The van der Waals surface area contributed by atoms with E-state index >= 15 is 0 Å². The van der Waals surface area contributed by atoms with Crippen molar-refractivity contribution in [2.75, 3.05) is 25.6 Å². The number of hydrogen-bond acceptors (Lipinski definition) is 3. The molecule has 2 aromatic rings. The largest absolute Gasteiger partial charge is 0.384 e. The zero-order valence-corrected chi connectivity index (χ0v) is 17.0. The summed E-state index contributed by atoms with van der Waals surface area (Å²) in [5.74, 6) is 0.333. The molecule has 0 saturated carbocycles. The molecule has 1 atom stereocenters. The third-order valence-corrected chi connectivity index (χ3v) is 4.74. The summed E-state index contributed by atoms with van der Waals surface area (Å²) >= 11 is 0. The van der Waals surface area contributed by atoms with Crippen LogP contribution in [0.25, 0.3) is 0 Å². The normalized spacial score (nSPS) is 12.2. The Morgan fingerprint density at radius 1 is 1.12 bits per heavy atom. The number of anilines is 1. The molecule has 0 fully saturated rings. The van der Waals surface area contributed by atoms with Gasteiger partial charge in [0.25, 0.3) is 5.56 Å². The van der Waals surface area contributed by atoms with E-state index in [-0.39, 0.29) is 5.56 Å². The number of aromatic amines is 1. The van der Waals surface area contributed by atoms with Gasteiger partial charge in [0.1, 0.15) is 5.69 Å². The van der Waals surface area contributed by atoms with Crippen LogP contribution in [0.4, 0.5) is 5.69 Å². The van der Waals surface area contributed by atoms with Gasteiger partial charge in [0.15, 0.2) is 0 Å². The van der Waals surface area contributed by atoms with Gasteiger partial charge >= 0.3 is 0 Å². The molecule has 4 nitrogen and oxygen atoms in total. The van der Waals surface area contributed by atoms with Crippen molar-refractivity contribution in [2.24, 2.45) is 5.92 Å². The van der Waals surface area contributed by atoms with E-state index in [9.17, 15) is 4.79 Å². The lowest BCUT2D eigenvalue weighted by atomic mass is 9.94. The fourth-order valence-electron chi connectivity index (χ4n) is 3.68. The Hall–Kier alpha value is -2.07. The summed E-state index contributed by atoms with van der Waals surface area (Å²) in [4.78, 5) is 15.7. The maximum atomic E-state index is 12.7. The Morgan fingerprint density at radius 2 is 1.77 bits per heavy atom. The monoisotopic (exact) mass is 356 g/mol. The van der Waals surface area contributed by atoms with Crippen LogP contribution in [-0.2, 0) is 17.6 Å². The highest BCUT2D eigenvalue weighted by molar-refractivity contribution is 5.56. The summed E-state index contributed by atoms with van der Waals surface area (Å²) in [6.45, 7) is 11.9. The molecule has 0 amide bonds. The highest BCUT2D eigenvalue weighted by Gasteiger charge is 2.16. The van der Waals surface area contributed by atoms with E-state index in [4.69, 9.17) is 4.74 Å². The Labute approximate surface area is 157 Å². The van der Waals surface area contributed by atoms with Gasteiger partial charge in [-0.1, -0.05) is 43.2 Å². The van der Waals surface area contributed by atoms with Crippen molar-refractivity contribution in [1.29, 1.82) is 0 Å². The topological polar surface area (TPSA) is 54.1 Å². The van der Waals surface area contributed by atoms with Gasteiger partial charge in [0.2, 0.25) is 0 Å². The second kappa shape index (κ2) is 9.04. The third-order valence-electron chi connectivity index (χ3n) is 4.74. The van der Waals surface area contributed by atoms with Crippen LogP contribution in [0.2, 0.25) is 0 Å². The van der Waals surface area contributed by atoms with Crippen LogP contribution in [-0.4, -0.2) is 25.2 Å². The van der Waals surface area contributed by atoms with Gasteiger partial charge in [-0.25, -0.2) is 0 Å². The Morgan fingerprint density at radius 3 is 2.35 bits per heavy atom. The van der Waals surface area contributed by atoms with E-state index in [1.807, 2.05) is 6.92 Å². The van der Waals surface area contributed by atoms with E-state index in [2.05, 4.69) is 56.2 Å². The quantitative estimate of drug-likeness (QED) is 0.747. The highest BCUT2D eigenvalue weighted by atomic mass is 16.5. The van der Waals surface area contributed by atoms with E-state index in [1.54, 1.807) is 7.11 Å². The molecule has 0 bridgehead atoms. The number of ether oxygens (including phenoxy) is 1. The lowest BCUT2D eigenvalue weighted by Crippen LogP contribution is -2.24. The lowest BCUT2D eigenvalue weighted by molar-refractivity contribution is 0.164. The molecule has 2 rings (SSSR count). The van der Waals surface area contributed by atoms with Gasteiger partial charge < -0.3 is 15.0 Å². The summed E-state index contributed by atoms with van der Waals surface area (Å²) in [5, 5.41) is 3.39. The molecule has 1 aromatic heterocycles. The van der Waals surface area contributed by atoms with Crippen LogP contribution in [0.3, 0.4) is 0 Å². The third kappa shape index (κ3) is 4.98. The summed E-state index contributed by atoms with van der Waals surface area (Å²) in [5.41, 5.74) is 7.72. The van der Waals surface area contributed by atoms with Crippen molar-refractivity contribution < 1.29 is 4.74 Å². The minimum Gasteiger partial charge on any atom is -0.384 e. The highest BCUT2D eigenvalue weighted by Crippen LogP contribution is 2.24. The van der Waals surface area contributed by atoms with Crippen LogP contribution < -0.4 is 10.9 Å². The summed E-state index contributed by atoms with van der Waals surface area (Å²) in [7, 11) is 1.70. The Balaban J connectivity index is 2.44. The number of aromatic nitrogens is 1. The van der Waals surface area contributed by atoms with Gasteiger partial charge in [-0.15, -0.1) is 0 Å². The summed E-state index contributed by atoms with van der Waals surface area (Å²) in [6.07, 6.45) is 1.66. The molecule has 26 heavy (non-hydrogen) atoms. The molecule has 1 aromatic carbocycles. The number of methoxy groups -OCH3 is 1. The predicted molar refractivity (Wildman–Crippen MR) is 109 cm³/mol. The molecule has 1 unspecified atom stereocenters.